The van der Waals surface area contributed by atoms with Crippen molar-refractivity contribution in [3.05, 3.63) is 0 Å². The molecular weight excluding hydrogens is 234 g/mol. The summed E-state index contributed by atoms with van der Waals surface area (Å²) in [6, 6.07) is 0. The standard InChI is InChI=1S/C12H23N3O3/c1-18-9-6-14-11(16)10-13-5-4-12(17)15-7-2-3-8-15/h13H,2-10H2,1H3,(H,14,16). The maximum Gasteiger partial charge on any atom is 0.234 e. The molecule has 0 bridgehead atoms. The highest BCUT2D eigenvalue weighted by molar-refractivity contribution is 5.78. The number of rotatable bonds is 8. The number of hydrogen-bond donors (Lipinski definition) is 2. The molecule has 6 nitrogen and oxygen atoms in total. The van der Waals surface area contributed by atoms with Crippen molar-refractivity contribution in [2.45, 2.75) is 19.3 Å². The van der Waals surface area contributed by atoms with E-state index in [1.807, 2.05) is 4.90 Å². The molecule has 0 aromatic heterocycles. The Bertz CT molecular complexity index is 265. The maximum atomic E-state index is 11.7. The highest BCUT2D eigenvalue weighted by atomic mass is 16.5. The lowest BCUT2D eigenvalue weighted by molar-refractivity contribution is -0.130. The van der Waals surface area contributed by atoms with Gasteiger partial charge in [-0.05, 0) is 12.8 Å². The lowest BCUT2D eigenvalue weighted by Gasteiger charge is -2.15. The third-order valence-corrected chi connectivity index (χ3v) is 2.89. The van der Waals surface area contributed by atoms with Gasteiger partial charge in [-0.15, -0.1) is 0 Å². The largest absolute Gasteiger partial charge is 0.383 e. The van der Waals surface area contributed by atoms with Crippen molar-refractivity contribution < 1.29 is 14.3 Å². The molecule has 18 heavy (non-hydrogen) atoms. The number of likely N-dealkylation sites (tertiary alicyclic amines) is 1. The van der Waals surface area contributed by atoms with Crippen molar-refractivity contribution >= 4 is 11.8 Å². The summed E-state index contributed by atoms with van der Waals surface area (Å²) in [5.41, 5.74) is 0. The number of nitrogens with one attached hydrogen (secondary N) is 2. The topological polar surface area (TPSA) is 70.7 Å². The van der Waals surface area contributed by atoms with E-state index in [0.29, 0.717) is 26.1 Å². The van der Waals surface area contributed by atoms with Crippen molar-refractivity contribution in [1.82, 2.24) is 15.5 Å². The molecule has 0 radical (unpaired) electrons. The molecule has 0 aromatic rings. The summed E-state index contributed by atoms with van der Waals surface area (Å²) in [4.78, 5) is 24.9. The van der Waals surface area contributed by atoms with Crippen LogP contribution in [-0.2, 0) is 14.3 Å². The average Bonchev–Trinajstić information content (AvgIpc) is 2.88. The Kier molecular flexibility index (Phi) is 7.36. The molecule has 0 spiro atoms. The minimum Gasteiger partial charge on any atom is -0.383 e. The van der Waals surface area contributed by atoms with Crippen LogP contribution in [0.3, 0.4) is 0 Å². The Morgan fingerprint density at radius 3 is 2.61 bits per heavy atom. The second-order valence-electron chi connectivity index (χ2n) is 4.36. The normalized spacial score (nSPS) is 14.8. The van der Waals surface area contributed by atoms with E-state index in [-0.39, 0.29) is 18.4 Å². The molecule has 0 atom stereocenters. The van der Waals surface area contributed by atoms with Crippen molar-refractivity contribution in [3.63, 3.8) is 0 Å². The third kappa shape index (κ3) is 5.97. The van der Waals surface area contributed by atoms with Crippen molar-refractivity contribution in [2.24, 2.45) is 0 Å². The van der Waals surface area contributed by atoms with Gasteiger partial charge in [0, 0.05) is 39.7 Å². The molecule has 1 saturated heterocycles. The van der Waals surface area contributed by atoms with Gasteiger partial charge in [-0.25, -0.2) is 0 Å². The van der Waals surface area contributed by atoms with Gasteiger partial charge < -0.3 is 20.3 Å². The summed E-state index contributed by atoms with van der Waals surface area (Å²) >= 11 is 0. The molecule has 6 heteroatoms. The Labute approximate surface area is 108 Å². The maximum absolute atomic E-state index is 11.7. The SMILES string of the molecule is COCCNC(=O)CNCCC(=O)N1CCCC1. The quantitative estimate of drug-likeness (QED) is 0.567. The number of carbonyl (C=O) groups excluding carboxylic acids is 2. The van der Waals surface area contributed by atoms with Gasteiger partial charge in [-0.3, -0.25) is 9.59 Å². The monoisotopic (exact) mass is 257 g/mol. The number of carbonyl (C=O) groups is 2. The lowest BCUT2D eigenvalue weighted by Crippen LogP contribution is -2.37. The van der Waals surface area contributed by atoms with Crippen LogP contribution < -0.4 is 10.6 Å². The molecule has 1 aliphatic rings. The summed E-state index contributed by atoms with van der Waals surface area (Å²) in [5, 5.41) is 5.67. The minimum atomic E-state index is -0.0688. The molecule has 0 aliphatic carbocycles. The fraction of sp³-hybridized carbons (Fsp3) is 0.833. The molecule has 1 aliphatic heterocycles. The first kappa shape index (κ1) is 14.9. The van der Waals surface area contributed by atoms with E-state index in [4.69, 9.17) is 4.74 Å². The van der Waals surface area contributed by atoms with Gasteiger partial charge in [-0.1, -0.05) is 0 Å². The first-order valence-corrected chi connectivity index (χ1v) is 6.48. The molecule has 2 amide bonds. The van der Waals surface area contributed by atoms with Gasteiger partial charge in [0.25, 0.3) is 0 Å². The van der Waals surface area contributed by atoms with Crippen LogP contribution in [0.5, 0.6) is 0 Å². The summed E-state index contributed by atoms with van der Waals surface area (Å²) in [7, 11) is 1.59. The Morgan fingerprint density at radius 1 is 1.22 bits per heavy atom. The van der Waals surface area contributed by atoms with Crippen molar-refractivity contribution in [2.75, 3.05) is 46.4 Å². The Balaban J connectivity index is 1.97. The molecular formula is C12H23N3O3. The van der Waals surface area contributed by atoms with Crippen LogP contribution in [0.4, 0.5) is 0 Å². The first-order valence-electron chi connectivity index (χ1n) is 6.48. The van der Waals surface area contributed by atoms with Gasteiger partial charge in [-0.2, -0.15) is 0 Å². The minimum absolute atomic E-state index is 0.0688. The molecule has 2 N–H and O–H groups in total. The third-order valence-electron chi connectivity index (χ3n) is 2.89. The zero-order chi connectivity index (χ0) is 13.2. The van der Waals surface area contributed by atoms with E-state index in [1.54, 1.807) is 7.11 Å². The van der Waals surface area contributed by atoms with Crippen LogP contribution in [0.2, 0.25) is 0 Å². The van der Waals surface area contributed by atoms with Gasteiger partial charge in [0.05, 0.1) is 13.2 Å². The predicted octanol–water partition coefficient (Wildman–Crippen LogP) is -0.649. The average molecular weight is 257 g/mol. The second kappa shape index (κ2) is 8.88. The number of ether oxygens (including phenoxy) is 1. The first-order chi connectivity index (χ1) is 8.74. The number of methoxy groups -OCH3 is 1. The number of hydrogen-bond acceptors (Lipinski definition) is 4. The van der Waals surface area contributed by atoms with Gasteiger partial charge in [0.15, 0.2) is 0 Å². The molecule has 1 heterocycles. The van der Waals surface area contributed by atoms with Gasteiger partial charge in [0.2, 0.25) is 11.8 Å². The van der Waals surface area contributed by atoms with Crippen LogP contribution >= 0.6 is 0 Å². The van der Waals surface area contributed by atoms with Crippen LogP contribution in [0.25, 0.3) is 0 Å². The van der Waals surface area contributed by atoms with Crippen molar-refractivity contribution in [3.8, 4) is 0 Å². The van der Waals surface area contributed by atoms with E-state index in [1.165, 1.54) is 0 Å². The summed E-state index contributed by atoms with van der Waals surface area (Å²) in [5.74, 6) is 0.112. The predicted molar refractivity (Wildman–Crippen MR) is 68.2 cm³/mol. The van der Waals surface area contributed by atoms with Crippen LogP contribution in [0, 0.1) is 0 Å². The zero-order valence-electron chi connectivity index (χ0n) is 11.0. The number of amides is 2. The molecule has 0 saturated carbocycles. The van der Waals surface area contributed by atoms with Crippen LogP contribution in [0.15, 0.2) is 0 Å². The lowest BCUT2D eigenvalue weighted by atomic mass is 10.3. The van der Waals surface area contributed by atoms with Crippen LogP contribution in [0.1, 0.15) is 19.3 Å². The fourth-order valence-electron chi connectivity index (χ4n) is 1.88. The molecule has 104 valence electrons. The van der Waals surface area contributed by atoms with E-state index < -0.39 is 0 Å². The van der Waals surface area contributed by atoms with E-state index in [0.717, 1.165) is 25.9 Å². The van der Waals surface area contributed by atoms with Gasteiger partial charge in [0.1, 0.15) is 0 Å². The zero-order valence-corrected chi connectivity index (χ0v) is 11.0. The Morgan fingerprint density at radius 2 is 1.94 bits per heavy atom. The molecule has 1 fully saturated rings. The molecule has 0 unspecified atom stereocenters. The van der Waals surface area contributed by atoms with E-state index >= 15 is 0 Å². The number of nitrogens with zero attached hydrogens (tertiary/aromatic N) is 1. The summed E-state index contributed by atoms with van der Waals surface area (Å²) in [6.45, 7) is 3.60. The highest BCUT2D eigenvalue weighted by Gasteiger charge is 2.16. The molecule has 0 aromatic carbocycles. The summed E-state index contributed by atoms with van der Waals surface area (Å²) in [6.07, 6.45) is 2.69. The van der Waals surface area contributed by atoms with Gasteiger partial charge >= 0.3 is 0 Å². The van der Waals surface area contributed by atoms with Crippen LogP contribution in [-0.4, -0.2) is 63.2 Å². The van der Waals surface area contributed by atoms with E-state index in [2.05, 4.69) is 10.6 Å². The highest BCUT2D eigenvalue weighted by Crippen LogP contribution is 2.08. The Hall–Kier alpha value is -1.14. The fourth-order valence-corrected chi connectivity index (χ4v) is 1.88. The van der Waals surface area contributed by atoms with E-state index in [9.17, 15) is 9.59 Å². The smallest absolute Gasteiger partial charge is 0.234 e. The second-order valence-corrected chi connectivity index (χ2v) is 4.36. The molecule has 1 rings (SSSR count). The van der Waals surface area contributed by atoms with Crippen molar-refractivity contribution in [1.29, 1.82) is 0 Å². The summed E-state index contributed by atoms with van der Waals surface area (Å²) < 4.78 is 4.82.